The Morgan fingerprint density at radius 1 is 0.577 bits per heavy atom. The van der Waals surface area contributed by atoms with Gasteiger partial charge in [0.15, 0.2) is 0 Å². The molecule has 3 aromatic carbocycles. The van der Waals surface area contributed by atoms with Crippen molar-refractivity contribution in [3.8, 4) is 0 Å². The zero-order chi connectivity index (χ0) is 18.1. The summed E-state index contributed by atoms with van der Waals surface area (Å²) in [6.45, 7) is 2.32. The summed E-state index contributed by atoms with van der Waals surface area (Å²) in [7, 11) is 0. The molecular weight excluding hydrogens is 513 g/mol. The van der Waals surface area contributed by atoms with Crippen LogP contribution in [-0.4, -0.2) is 44.9 Å². The molecule has 0 aromatic heterocycles. The van der Waals surface area contributed by atoms with E-state index in [9.17, 15) is 0 Å². The van der Waals surface area contributed by atoms with Gasteiger partial charge in [-0.2, -0.15) is 0 Å². The van der Waals surface area contributed by atoms with Gasteiger partial charge in [0.1, 0.15) is 0 Å². The van der Waals surface area contributed by atoms with Crippen LogP contribution in [0.1, 0.15) is 26.2 Å². The topological polar surface area (TPSA) is 0 Å². The molecule has 0 spiro atoms. The number of hydrogen-bond acceptors (Lipinski definition) is 0. The SMILES string of the molecule is CCCCC([Se]c1ccccc1)([Se]c1ccccc1)[Se]c1ccccc1. The average Bonchev–Trinajstić information content (AvgIpc) is 2.69. The normalized spacial score (nSPS) is 11.4. The Balaban J connectivity index is 1.94. The van der Waals surface area contributed by atoms with E-state index in [2.05, 4.69) is 97.9 Å². The monoisotopic (exact) mass is 540 g/mol. The summed E-state index contributed by atoms with van der Waals surface area (Å²) >= 11 is 1.49. The maximum atomic E-state index is 2.34. The summed E-state index contributed by atoms with van der Waals surface area (Å²) in [5.41, 5.74) is 0. The summed E-state index contributed by atoms with van der Waals surface area (Å²) in [5.74, 6) is 0. The molecule has 3 aromatic rings. The second kappa shape index (κ2) is 10.5. The molecule has 3 rings (SSSR count). The zero-order valence-electron chi connectivity index (χ0n) is 15.0. The van der Waals surface area contributed by atoms with Crippen molar-refractivity contribution >= 4 is 58.3 Å². The van der Waals surface area contributed by atoms with Crippen LogP contribution in [0.15, 0.2) is 91.0 Å². The predicted molar refractivity (Wildman–Crippen MR) is 118 cm³/mol. The van der Waals surface area contributed by atoms with Gasteiger partial charge in [-0.3, -0.25) is 0 Å². The third kappa shape index (κ3) is 6.14. The summed E-state index contributed by atoms with van der Waals surface area (Å²) < 4.78 is 5.10. The Morgan fingerprint density at radius 2 is 0.923 bits per heavy atom. The van der Waals surface area contributed by atoms with E-state index in [1.54, 1.807) is 13.4 Å². The van der Waals surface area contributed by atoms with Crippen LogP contribution in [0.2, 0.25) is 2.11 Å². The molecule has 0 amide bonds. The van der Waals surface area contributed by atoms with Crippen LogP contribution in [0.4, 0.5) is 0 Å². The second-order valence-corrected chi connectivity index (χ2v) is 18.6. The summed E-state index contributed by atoms with van der Waals surface area (Å²) in [4.78, 5) is 0. The Labute approximate surface area is 176 Å². The van der Waals surface area contributed by atoms with E-state index in [1.807, 2.05) is 0 Å². The minimum atomic E-state index is 0.451. The van der Waals surface area contributed by atoms with Gasteiger partial charge in [-0.25, -0.2) is 0 Å². The molecule has 0 saturated carbocycles. The molecule has 0 aliphatic carbocycles. The number of hydrogen-bond donors (Lipinski definition) is 0. The fraction of sp³-hybridized carbons (Fsp3) is 0.217. The molecular formula is C23H24Se3. The fourth-order valence-corrected chi connectivity index (χ4v) is 16.2. The molecule has 134 valence electrons. The van der Waals surface area contributed by atoms with Gasteiger partial charge in [0, 0.05) is 0 Å². The van der Waals surface area contributed by atoms with Gasteiger partial charge in [0.25, 0.3) is 0 Å². The standard InChI is InChI=1S/C23H24Se3/c1-2-3-19-23(24-20-13-7-4-8-14-20,25-21-15-9-5-10-16-21)26-22-17-11-6-12-18-22/h4-18H,2-3,19H2,1H3. The first-order valence-corrected chi connectivity index (χ1v) is 14.2. The first-order valence-electron chi connectivity index (χ1n) is 9.02. The Hall–Kier alpha value is -0.782. The van der Waals surface area contributed by atoms with E-state index in [-0.39, 0.29) is 0 Å². The van der Waals surface area contributed by atoms with Crippen LogP contribution in [0, 0.1) is 0 Å². The van der Waals surface area contributed by atoms with Crippen molar-refractivity contribution in [3.05, 3.63) is 91.0 Å². The molecule has 0 atom stereocenters. The molecule has 0 aliphatic rings. The van der Waals surface area contributed by atoms with E-state index in [1.165, 1.54) is 19.3 Å². The molecule has 0 N–H and O–H groups in total. The van der Waals surface area contributed by atoms with Crippen LogP contribution in [0.25, 0.3) is 0 Å². The molecule has 0 unspecified atom stereocenters. The quantitative estimate of drug-likeness (QED) is 0.368. The van der Waals surface area contributed by atoms with Crippen LogP contribution in [0.3, 0.4) is 0 Å². The second-order valence-electron chi connectivity index (χ2n) is 6.03. The van der Waals surface area contributed by atoms with Crippen molar-refractivity contribution in [2.75, 3.05) is 0 Å². The maximum absolute atomic E-state index is 2.34. The van der Waals surface area contributed by atoms with Gasteiger partial charge in [0.2, 0.25) is 0 Å². The van der Waals surface area contributed by atoms with Gasteiger partial charge in [-0.05, 0) is 0 Å². The molecule has 3 heteroatoms. The van der Waals surface area contributed by atoms with Crippen molar-refractivity contribution in [1.82, 2.24) is 0 Å². The summed E-state index contributed by atoms with van der Waals surface area (Å²) in [5, 5.41) is 0. The van der Waals surface area contributed by atoms with Crippen LogP contribution in [-0.2, 0) is 0 Å². The van der Waals surface area contributed by atoms with Gasteiger partial charge in [-0.1, -0.05) is 0 Å². The molecule has 0 nitrogen and oxygen atoms in total. The Kier molecular flexibility index (Phi) is 8.08. The van der Waals surface area contributed by atoms with E-state index in [0.717, 1.165) is 0 Å². The summed E-state index contributed by atoms with van der Waals surface area (Å²) in [6.07, 6.45) is 3.96. The fourth-order valence-electron chi connectivity index (χ4n) is 2.61. The third-order valence-corrected chi connectivity index (χ3v) is 15.8. The molecule has 0 fully saturated rings. The molecule has 0 aliphatic heterocycles. The van der Waals surface area contributed by atoms with Gasteiger partial charge in [0.05, 0.1) is 0 Å². The van der Waals surface area contributed by atoms with Crippen molar-refractivity contribution in [2.24, 2.45) is 0 Å². The number of benzene rings is 3. The van der Waals surface area contributed by atoms with E-state index < -0.39 is 0 Å². The Morgan fingerprint density at radius 3 is 1.23 bits per heavy atom. The van der Waals surface area contributed by atoms with Crippen molar-refractivity contribution in [1.29, 1.82) is 0 Å². The minimum absolute atomic E-state index is 0.451. The van der Waals surface area contributed by atoms with Crippen molar-refractivity contribution in [2.45, 2.75) is 28.3 Å². The number of unbranched alkanes of at least 4 members (excludes halogenated alkanes) is 1. The average molecular weight is 537 g/mol. The molecule has 26 heavy (non-hydrogen) atoms. The molecule has 0 radical (unpaired) electrons. The van der Waals surface area contributed by atoms with Gasteiger partial charge >= 0.3 is 178 Å². The van der Waals surface area contributed by atoms with Crippen LogP contribution in [0.5, 0.6) is 0 Å². The zero-order valence-corrected chi connectivity index (χ0v) is 20.1. The van der Waals surface area contributed by atoms with Gasteiger partial charge in [-0.15, -0.1) is 0 Å². The number of rotatable bonds is 9. The molecule has 0 heterocycles. The third-order valence-electron chi connectivity index (χ3n) is 3.89. The van der Waals surface area contributed by atoms with E-state index in [0.29, 0.717) is 47.0 Å². The van der Waals surface area contributed by atoms with Crippen LogP contribution < -0.4 is 13.4 Å². The van der Waals surface area contributed by atoms with Gasteiger partial charge < -0.3 is 0 Å². The molecule has 0 saturated heterocycles. The van der Waals surface area contributed by atoms with E-state index >= 15 is 0 Å². The Bertz CT molecular complexity index is 656. The first-order chi connectivity index (χ1) is 12.8. The first kappa shape index (κ1) is 20.0. The van der Waals surface area contributed by atoms with Crippen LogP contribution >= 0.6 is 0 Å². The van der Waals surface area contributed by atoms with E-state index in [4.69, 9.17) is 0 Å². The van der Waals surface area contributed by atoms with Crippen molar-refractivity contribution in [3.63, 3.8) is 0 Å². The van der Waals surface area contributed by atoms with Crippen molar-refractivity contribution < 1.29 is 0 Å². The predicted octanol–water partition coefficient (Wildman–Crippen LogP) is 3.34. The molecule has 0 bridgehead atoms. The summed E-state index contributed by atoms with van der Waals surface area (Å²) in [6, 6.07) is 33.6.